The normalized spacial score (nSPS) is 33.3. The van der Waals surface area contributed by atoms with E-state index in [1.165, 1.54) is 6.42 Å². The number of hydrogen-bond acceptors (Lipinski definition) is 6. The Bertz CT molecular complexity index is 1290. The minimum absolute atomic E-state index is 0.106. The SMILES string of the molecule is CCOc1ccc(N2CC=C[C@]3(CC)O[C@]45C=CCN(C6CCCCC6)C(=O)C4N([C@@H](CC)CO)C(=O)[C@@H]5[C@@H]3C2=O)cc1. The van der Waals surface area contributed by atoms with Crippen molar-refractivity contribution in [2.45, 2.75) is 95.0 Å². The summed E-state index contributed by atoms with van der Waals surface area (Å²) in [5.41, 5.74) is -1.65. The Morgan fingerprint density at radius 3 is 2.30 bits per heavy atom. The van der Waals surface area contributed by atoms with Crippen LogP contribution in [0.2, 0.25) is 0 Å². The number of fused-ring (bicyclic) bond motifs is 2. The molecule has 0 radical (unpaired) electrons. The number of aliphatic hydroxyl groups is 1. The van der Waals surface area contributed by atoms with Crippen LogP contribution >= 0.6 is 0 Å². The van der Waals surface area contributed by atoms with Gasteiger partial charge in [0.2, 0.25) is 17.7 Å². The minimum atomic E-state index is -1.32. The highest BCUT2D eigenvalue weighted by molar-refractivity contribution is 6.04. The monoisotopic (exact) mass is 591 g/mol. The van der Waals surface area contributed by atoms with Crippen LogP contribution in [0.1, 0.15) is 65.7 Å². The summed E-state index contributed by atoms with van der Waals surface area (Å²) in [6.07, 6.45) is 13.9. The highest BCUT2D eigenvalue weighted by Gasteiger charge is 2.76. The molecule has 9 nitrogen and oxygen atoms in total. The first-order valence-electron chi connectivity index (χ1n) is 16.2. The lowest BCUT2D eigenvalue weighted by molar-refractivity contribution is -0.157. The molecule has 232 valence electrons. The van der Waals surface area contributed by atoms with Crippen LogP contribution in [-0.4, -0.2) is 88.3 Å². The lowest BCUT2D eigenvalue weighted by Gasteiger charge is -2.42. The Kier molecular flexibility index (Phi) is 8.15. The maximum Gasteiger partial charge on any atom is 0.249 e. The van der Waals surface area contributed by atoms with E-state index in [1.54, 1.807) is 9.80 Å². The van der Waals surface area contributed by atoms with E-state index in [0.717, 1.165) is 31.4 Å². The molecule has 9 heteroatoms. The van der Waals surface area contributed by atoms with Gasteiger partial charge in [0.05, 0.1) is 36.7 Å². The van der Waals surface area contributed by atoms with Crippen molar-refractivity contribution < 1.29 is 29.0 Å². The van der Waals surface area contributed by atoms with Gasteiger partial charge in [-0.15, -0.1) is 0 Å². The lowest BCUT2D eigenvalue weighted by atomic mass is 9.73. The van der Waals surface area contributed by atoms with E-state index in [-0.39, 0.29) is 30.4 Å². The molecule has 1 aliphatic carbocycles. The molecule has 1 aromatic rings. The molecule has 3 fully saturated rings. The number of anilines is 1. The molecule has 43 heavy (non-hydrogen) atoms. The van der Waals surface area contributed by atoms with Crippen LogP contribution in [0.5, 0.6) is 5.75 Å². The molecule has 0 aromatic heterocycles. The van der Waals surface area contributed by atoms with E-state index in [4.69, 9.17) is 9.47 Å². The Hall–Kier alpha value is -3.17. The number of rotatable bonds is 8. The number of carbonyl (C=O) groups is 3. The average Bonchev–Trinajstić information content (AvgIpc) is 3.32. The number of ether oxygens (including phenoxy) is 2. The summed E-state index contributed by atoms with van der Waals surface area (Å²) >= 11 is 0. The van der Waals surface area contributed by atoms with Crippen molar-refractivity contribution in [3.63, 3.8) is 0 Å². The fourth-order valence-corrected chi connectivity index (χ4v) is 8.37. The third-order valence-electron chi connectivity index (χ3n) is 10.5. The highest BCUT2D eigenvalue weighted by atomic mass is 16.5. The molecule has 4 heterocycles. The van der Waals surface area contributed by atoms with Gasteiger partial charge >= 0.3 is 0 Å². The van der Waals surface area contributed by atoms with Gasteiger partial charge < -0.3 is 29.3 Å². The first kappa shape index (κ1) is 29.9. The standard InChI is InChI=1S/C34H45N3O6/c1-4-23(22-38)37-29-32(41)36(24-12-8-7-9-13-24)21-11-19-34(29)28(31(37)40)27-30(39)35(20-10-18-33(27,5-2)43-34)25-14-16-26(17-15-25)42-6-3/h10-11,14-19,23-24,27-29,38H,4-9,12-13,20-22H2,1-3H3/t23-,27+,28-,29?,33-,34-/m0/s1. The molecular formula is C34H45N3O6. The summed E-state index contributed by atoms with van der Waals surface area (Å²) in [5.74, 6) is -1.63. The van der Waals surface area contributed by atoms with Gasteiger partial charge in [-0.3, -0.25) is 14.4 Å². The molecule has 1 saturated carbocycles. The summed E-state index contributed by atoms with van der Waals surface area (Å²) < 4.78 is 12.7. The number of benzene rings is 1. The van der Waals surface area contributed by atoms with Crippen LogP contribution in [0, 0.1) is 11.8 Å². The van der Waals surface area contributed by atoms with Crippen molar-refractivity contribution in [1.29, 1.82) is 0 Å². The van der Waals surface area contributed by atoms with Crippen LogP contribution in [0.3, 0.4) is 0 Å². The summed E-state index contributed by atoms with van der Waals surface area (Å²) in [6, 6.07) is 6.03. The predicted octanol–water partition coefficient (Wildman–Crippen LogP) is 3.85. The summed E-state index contributed by atoms with van der Waals surface area (Å²) in [4.78, 5) is 49.3. The maximum absolute atomic E-state index is 14.7. The fraction of sp³-hybridized carbons (Fsp3) is 0.618. The van der Waals surface area contributed by atoms with Crippen LogP contribution < -0.4 is 9.64 Å². The molecule has 1 spiro atoms. The van der Waals surface area contributed by atoms with Gasteiger partial charge in [-0.05, 0) is 56.9 Å². The third-order valence-corrected chi connectivity index (χ3v) is 10.5. The van der Waals surface area contributed by atoms with Gasteiger partial charge in [-0.1, -0.05) is 57.4 Å². The van der Waals surface area contributed by atoms with Crippen molar-refractivity contribution >= 4 is 23.4 Å². The Morgan fingerprint density at radius 2 is 1.65 bits per heavy atom. The van der Waals surface area contributed by atoms with Crippen molar-refractivity contribution in [3.05, 3.63) is 48.6 Å². The zero-order valence-corrected chi connectivity index (χ0v) is 25.6. The molecule has 3 amide bonds. The van der Waals surface area contributed by atoms with Crippen LogP contribution in [0.15, 0.2) is 48.6 Å². The number of likely N-dealkylation sites (tertiary alicyclic amines) is 1. The van der Waals surface area contributed by atoms with E-state index in [9.17, 15) is 19.5 Å². The van der Waals surface area contributed by atoms with E-state index in [2.05, 4.69) is 0 Å². The summed E-state index contributed by atoms with van der Waals surface area (Å²) in [5, 5.41) is 10.4. The largest absolute Gasteiger partial charge is 0.494 e. The summed E-state index contributed by atoms with van der Waals surface area (Å²) in [7, 11) is 0. The maximum atomic E-state index is 14.7. The van der Waals surface area contributed by atoms with Crippen molar-refractivity contribution in [2.75, 3.05) is 31.2 Å². The zero-order chi connectivity index (χ0) is 30.4. The van der Waals surface area contributed by atoms with Crippen LogP contribution in [0.25, 0.3) is 0 Å². The van der Waals surface area contributed by atoms with E-state index >= 15 is 0 Å². The average molecular weight is 592 g/mol. The molecule has 4 aliphatic heterocycles. The van der Waals surface area contributed by atoms with Gasteiger partial charge in [0.25, 0.3) is 0 Å². The molecule has 1 unspecified atom stereocenters. The first-order chi connectivity index (χ1) is 20.9. The second-order valence-corrected chi connectivity index (χ2v) is 12.6. The molecule has 6 atom stereocenters. The van der Waals surface area contributed by atoms with Gasteiger partial charge in [0, 0.05) is 24.8 Å². The number of aliphatic hydroxyl groups excluding tert-OH is 1. The fourth-order valence-electron chi connectivity index (χ4n) is 8.37. The Balaban J connectivity index is 1.45. The number of amides is 3. The quantitative estimate of drug-likeness (QED) is 0.461. The smallest absolute Gasteiger partial charge is 0.249 e. The molecular weight excluding hydrogens is 546 g/mol. The van der Waals surface area contributed by atoms with E-state index < -0.39 is 35.1 Å². The van der Waals surface area contributed by atoms with Gasteiger partial charge in [0.1, 0.15) is 17.4 Å². The topological polar surface area (TPSA) is 99.6 Å². The van der Waals surface area contributed by atoms with Crippen molar-refractivity contribution in [1.82, 2.24) is 9.80 Å². The first-order valence-corrected chi connectivity index (χ1v) is 16.2. The van der Waals surface area contributed by atoms with Crippen molar-refractivity contribution in [3.8, 4) is 5.75 Å². The van der Waals surface area contributed by atoms with Crippen LogP contribution in [0.4, 0.5) is 5.69 Å². The summed E-state index contributed by atoms with van der Waals surface area (Å²) in [6.45, 7) is 6.88. The zero-order valence-electron chi connectivity index (χ0n) is 25.6. The molecule has 1 aromatic carbocycles. The molecule has 1 N–H and O–H groups in total. The third kappa shape index (κ3) is 4.62. The number of carbonyl (C=O) groups excluding carboxylic acids is 3. The highest BCUT2D eigenvalue weighted by Crippen LogP contribution is 2.59. The van der Waals surface area contributed by atoms with E-state index in [0.29, 0.717) is 38.2 Å². The molecule has 2 saturated heterocycles. The second kappa shape index (κ2) is 11.7. The second-order valence-electron chi connectivity index (χ2n) is 12.6. The van der Waals surface area contributed by atoms with Gasteiger partial charge in [0.15, 0.2) is 0 Å². The Labute approximate surface area is 254 Å². The van der Waals surface area contributed by atoms with Crippen LogP contribution in [-0.2, 0) is 19.1 Å². The van der Waals surface area contributed by atoms with Crippen molar-refractivity contribution in [2.24, 2.45) is 11.8 Å². The van der Waals surface area contributed by atoms with Gasteiger partial charge in [-0.25, -0.2) is 0 Å². The number of nitrogens with zero attached hydrogens (tertiary/aromatic N) is 3. The molecule has 6 rings (SSSR count). The minimum Gasteiger partial charge on any atom is -0.494 e. The number of hydrogen-bond donors (Lipinski definition) is 1. The Morgan fingerprint density at radius 1 is 0.930 bits per heavy atom. The molecule has 5 aliphatic rings. The van der Waals surface area contributed by atoms with E-state index in [1.807, 2.05) is 74.2 Å². The lowest BCUT2D eigenvalue weighted by Crippen LogP contribution is -2.60. The predicted molar refractivity (Wildman–Crippen MR) is 162 cm³/mol. The van der Waals surface area contributed by atoms with Gasteiger partial charge in [-0.2, -0.15) is 0 Å². The molecule has 0 bridgehead atoms.